The fraction of sp³-hybridized carbons (Fsp3) is 0.182. The molecule has 0 radical (unpaired) electrons. The normalized spacial score (nSPS) is 11.2. The predicted octanol–water partition coefficient (Wildman–Crippen LogP) is 5.73. The van der Waals surface area contributed by atoms with Crippen molar-refractivity contribution in [3.63, 3.8) is 0 Å². The van der Waals surface area contributed by atoms with Gasteiger partial charge in [0.1, 0.15) is 5.65 Å². The van der Waals surface area contributed by atoms with Crippen LogP contribution in [0.4, 0.5) is 0 Å². The molecule has 0 saturated heterocycles. The largest absolute Gasteiger partial charge is 0.324 e. The number of pyridine rings is 2. The Morgan fingerprint density at radius 1 is 1.00 bits per heavy atom. The van der Waals surface area contributed by atoms with E-state index >= 15 is 0 Å². The van der Waals surface area contributed by atoms with Crippen LogP contribution < -0.4 is 0 Å². The standard InChI is InChI=1S/C22H20ClN3/c1-14-12-20(17-7-9-18(23)10-8-17)21-15(2)16(3)26(22(21)25-14)13-19-6-4-5-11-24-19/h4-12H,13H2,1-3H3. The SMILES string of the molecule is Cc1cc(-c2ccc(Cl)cc2)c2c(C)c(C)n(Cc3ccccn3)c2n1. The molecule has 0 fully saturated rings. The first-order valence-electron chi connectivity index (χ1n) is 8.67. The molecule has 4 rings (SSSR count). The molecule has 3 heterocycles. The van der Waals surface area contributed by atoms with Crippen LogP contribution in [-0.2, 0) is 6.54 Å². The lowest BCUT2D eigenvalue weighted by atomic mass is 10.00. The topological polar surface area (TPSA) is 30.7 Å². The molecule has 130 valence electrons. The van der Waals surface area contributed by atoms with Gasteiger partial charge >= 0.3 is 0 Å². The van der Waals surface area contributed by atoms with E-state index in [4.69, 9.17) is 16.6 Å². The van der Waals surface area contributed by atoms with E-state index < -0.39 is 0 Å². The number of fused-ring (bicyclic) bond motifs is 1. The molecule has 0 saturated carbocycles. The monoisotopic (exact) mass is 361 g/mol. The van der Waals surface area contributed by atoms with Crippen molar-refractivity contribution in [1.29, 1.82) is 0 Å². The molecule has 1 aromatic carbocycles. The van der Waals surface area contributed by atoms with Crippen LogP contribution in [0.1, 0.15) is 22.6 Å². The van der Waals surface area contributed by atoms with Crippen LogP contribution in [0.5, 0.6) is 0 Å². The van der Waals surface area contributed by atoms with Crippen molar-refractivity contribution in [3.8, 4) is 11.1 Å². The van der Waals surface area contributed by atoms with Crippen LogP contribution in [0.25, 0.3) is 22.2 Å². The molecule has 0 aliphatic heterocycles. The molecule has 0 atom stereocenters. The highest BCUT2D eigenvalue weighted by atomic mass is 35.5. The highest BCUT2D eigenvalue weighted by molar-refractivity contribution is 6.30. The number of hydrogen-bond donors (Lipinski definition) is 0. The van der Waals surface area contributed by atoms with Crippen molar-refractivity contribution in [1.82, 2.24) is 14.5 Å². The van der Waals surface area contributed by atoms with Crippen molar-refractivity contribution >= 4 is 22.6 Å². The summed E-state index contributed by atoms with van der Waals surface area (Å²) in [4.78, 5) is 9.35. The van der Waals surface area contributed by atoms with Gasteiger partial charge in [0.2, 0.25) is 0 Å². The Balaban J connectivity index is 1.96. The molecule has 0 N–H and O–H groups in total. The Bertz CT molecular complexity index is 1080. The van der Waals surface area contributed by atoms with Gasteiger partial charge in [-0.3, -0.25) is 4.98 Å². The first-order valence-corrected chi connectivity index (χ1v) is 9.05. The summed E-state index contributed by atoms with van der Waals surface area (Å²) in [6.07, 6.45) is 1.83. The molecule has 26 heavy (non-hydrogen) atoms. The molecular formula is C22H20ClN3. The molecule has 0 unspecified atom stereocenters. The van der Waals surface area contributed by atoms with E-state index in [2.05, 4.69) is 47.7 Å². The second kappa shape index (κ2) is 6.58. The molecular weight excluding hydrogens is 342 g/mol. The summed E-state index contributed by atoms with van der Waals surface area (Å²) in [6.45, 7) is 7.08. The molecule has 3 aromatic heterocycles. The molecule has 0 aliphatic carbocycles. The second-order valence-corrected chi connectivity index (χ2v) is 7.07. The van der Waals surface area contributed by atoms with E-state index in [9.17, 15) is 0 Å². The number of halogens is 1. The number of rotatable bonds is 3. The molecule has 0 aliphatic rings. The molecule has 3 nitrogen and oxygen atoms in total. The molecule has 0 amide bonds. The van der Waals surface area contributed by atoms with Crippen molar-refractivity contribution in [3.05, 3.63) is 82.4 Å². The molecule has 0 bridgehead atoms. The number of aryl methyl sites for hydroxylation is 2. The minimum Gasteiger partial charge on any atom is -0.324 e. The van der Waals surface area contributed by atoms with Crippen LogP contribution in [0, 0.1) is 20.8 Å². The number of benzene rings is 1. The van der Waals surface area contributed by atoms with E-state index in [0.717, 1.165) is 27.6 Å². The molecule has 0 spiro atoms. The minimum absolute atomic E-state index is 0.716. The van der Waals surface area contributed by atoms with Crippen molar-refractivity contribution < 1.29 is 0 Å². The zero-order valence-corrected chi connectivity index (χ0v) is 15.9. The van der Waals surface area contributed by atoms with Gasteiger partial charge < -0.3 is 4.57 Å². The summed E-state index contributed by atoms with van der Waals surface area (Å²) in [7, 11) is 0. The highest BCUT2D eigenvalue weighted by Crippen LogP contribution is 2.35. The van der Waals surface area contributed by atoms with Gasteiger partial charge in [0.05, 0.1) is 12.2 Å². The van der Waals surface area contributed by atoms with Gasteiger partial charge in [-0.2, -0.15) is 0 Å². The van der Waals surface area contributed by atoms with Crippen LogP contribution in [0.3, 0.4) is 0 Å². The van der Waals surface area contributed by atoms with Crippen LogP contribution >= 0.6 is 11.6 Å². The van der Waals surface area contributed by atoms with Crippen molar-refractivity contribution in [2.45, 2.75) is 27.3 Å². The van der Waals surface area contributed by atoms with Gasteiger partial charge in [-0.05, 0) is 67.8 Å². The summed E-state index contributed by atoms with van der Waals surface area (Å²) in [6, 6.07) is 16.2. The van der Waals surface area contributed by atoms with Crippen molar-refractivity contribution in [2.24, 2.45) is 0 Å². The van der Waals surface area contributed by atoms with Crippen LogP contribution in [-0.4, -0.2) is 14.5 Å². The second-order valence-electron chi connectivity index (χ2n) is 6.63. The summed E-state index contributed by atoms with van der Waals surface area (Å²) in [5, 5.41) is 1.95. The van der Waals surface area contributed by atoms with Gasteiger partial charge in [-0.15, -0.1) is 0 Å². The maximum Gasteiger partial charge on any atom is 0.141 e. The highest BCUT2D eigenvalue weighted by Gasteiger charge is 2.17. The average Bonchev–Trinajstić information content (AvgIpc) is 2.87. The summed E-state index contributed by atoms with van der Waals surface area (Å²) >= 11 is 6.08. The third-order valence-electron chi connectivity index (χ3n) is 4.91. The fourth-order valence-corrected chi connectivity index (χ4v) is 3.59. The first kappa shape index (κ1) is 16.8. The maximum atomic E-state index is 6.08. The number of nitrogens with zero attached hydrogens (tertiary/aromatic N) is 3. The zero-order chi connectivity index (χ0) is 18.3. The van der Waals surface area contributed by atoms with E-state index in [1.165, 1.54) is 22.2 Å². The maximum absolute atomic E-state index is 6.08. The van der Waals surface area contributed by atoms with Gasteiger partial charge in [-0.1, -0.05) is 29.8 Å². The van der Waals surface area contributed by atoms with Gasteiger partial charge in [0.15, 0.2) is 0 Å². The predicted molar refractivity (Wildman–Crippen MR) is 108 cm³/mol. The van der Waals surface area contributed by atoms with Gasteiger partial charge in [0, 0.05) is 28.0 Å². The Hall–Kier alpha value is -2.65. The quantitative estimate of drug-likeness (QED) is 0.467. The van der Waals surface area contributed by atoms with Crippen LogP contribution in [0.15, 0.2) is 54.7 Å². The van der Waals surface area contributed by atoms with Gasteiger partial charge in [0.25, 0.3) is 0 Å². The average molecular weight is 362 g/mol. The van der Waals surface area contributed by atoms with E-state index in [1.807, 2.05) is 37.4 Å². The smallest absolute Gasteiger partial charge is 0.141 e. The Morgan fingerprint density at radius 2 is 1.77 bits per heavy atom. The van der Waals surface area contributed by atoms with Gasteiger partial charge in [-0.25, -0.2) is 4.98 Å². The summed E-state index contributed by atoms with van der Waals surface area (Å²) in [5.41, 5.74) is 7.88. The Morgan fingerprint density at radius 3 is 2.46 bits per heavy atom. The molecule has 4 heteroatoms. The molecule has 4 aromatic rings. The zero-order valence-electron chi connectivity index (χ0n) is 15.1. The summed E-state index contributed by atoms with van der Waals surface area (Å²) < 4.78 is 2.26. The minimum atomic E-state index is 0.716. The third kappa shape index (κ3) is 2.89. The van der Waals surface area contributed by atoms with E-state index in [1.54, 1.807) is 0 Å². The lowest BCUT2D eigenvalue weighted by Crippen LogP contribution is -2.04. The summed E-state index contributed by atoms with van der Waals surface area (Å²) in [5.74, 6) is 0. The lowest BCUT2D eigenvalue weighted by molar-refractivity contribution is 0.767. The Kier molecular flexibility index (Phi) is 4.25. The van der Waals surface area contributed by atoms with E-state index in [-0.39, 0.29) is 0 Å². The first-order chi connectivity index (χ1) is 12.5. The fourth-order valence-electron chi connectivity index (χ4n) is 3.47. The van der Waals surface area contributed by atoms with E-state index in [0.29, 0.717) is 6.54 Å². The Labute approximate surface area is 158 Å². The number of aromatic nitrogens is 3. The number of hydrogen-bond acceptors (Lipinski definition) is 2. The van der Waals surface area contributed by atoms with Crippen LogP contribution in [0.2, 0.25) is 5.02 Å². The van der Waals surface area contributed by atoms with Crippen molar-refractivity contribution in [2.75, 3.05) is 0 Å². The lowest BCUT2D eigenvalue weighted by Gasteiger charge is -2.09. The third-order valence-corrected chi connectivity index (χ3v) is 5.16.